The van der Waals surface area contributed by atoms with E-state index in [1.54, 1.807) is 32.0 Å². The largest absolute Gasteiger partial charge is 0.384 e. The Hall–Kier alpha value is -1.43. The molecule has 0 unspecified atom stereocenters. The van der Waals surface area contributed by atoms with Crippen LogP contribution in [0.25, 0.3) is 0 Å². The monoisotopic (exact) mass is 226 g/mol. The van der Waals surface area contributed by atoms with Crippen molar-refractivity contribution in [2.75, 3.05) is 13.6 Å². The summed E-state index contributed by atoms with van der Waals surface area (Å²) < 4.78 is 1.43. The van der Waals surface area contributed by atoms with Crippen LogP contribution >= 0.6 is 0 Å². The van der Waals surface area contributed by atoms with Gasteiger partial charge in [0, 0.05) is 13.6 Å². The molecule has 90 valence electrons. The van der Waals surface area contributed by atoms with Crippen LogP contribution in [0.3, 0.4) is 0 Å². The zero-order chi connectivity index (χ0) is 12.3. The predicted octanol–water partition coefficient (Wildman–Crippen LogP) is -0.0162. The standard InChI is InChI=1S/C10H18N4O2/c1-5-13(4)9(15)7-14-6-8(11-12-14)10(2,3)16/h6,16H,5,7H2,1-4H3. The maximum Gasteiger partial charge on any atom is 0.244 e. The normalized spacial score (nSPS) is 11.6. The van der Waals surface area contributed by atoms with Crippen molar-refractivity contribution in [3.05, 3.63) is 11.9 Å². The summed E-state index contributed by atoms with van der Waals surface area (Å²) in [6.07, 6.45) is 1.58. The highest BCUT2D eigenvalue weighted by Crippen LogP contribution is 2.15. The van der Waals surface area contributed by atoms with Crippen molar-refractivity contribution in [2.24, 2.45) is 0 Å². The number of rotatable bonds is 4. The SMILES string of the molecule is CCN(C)C(=O)Cn1cc(C(C)(C)O)nn1. The van der Waals surface area contributed by atoms with Crippen molar-refractivity contribution in [3.8, 4) is 0 Å². The molecule has 1 N–H and O–H groups in total. The zero-order valence-corrected chi connectivity index (χ0v) is 10.1. The molecule has 1 amide bonds. The van der Waals surface area contributed by atoms with E-state index in [0.29, 0.717) is 12.2 Å². The van der Waals surface area contributed by atoms with Crippen LogP contribution in [0.4, 0.5) is 0 Å². The summed E-state index contributed by atoms with van der Waals surface area (Å²) in [6.45, 7) is 5.96. The maximum atomic E-state index is 11.6. The van der Waals surface area contributed by atoms with Gasteiger partial charge < -0.3 is 10.0 Å². The highest BCUT2D eigenvalue weighted by Gasteiger charge is 2.20. The van der Waals surface area contributed by atoms with Gasteiger partial charge in [0.25, 0.3) is 0 Å². The molecule has 0 aliphatic carbocycles. The Kier molecular flexibility index (Phi) is 3.64. The van der Waals surface area contributed by atoms with Crippen LogP contribution in [0.2, 0.25) is 0 Å². The molecule has 6 heteroatoms. The van der Waals surface area contributed by atoms with Gasteiger partial charge in [0.05, 0.1) is 6.20 Å². The lowest BCUT2D eigenvalue weighted by atomic mass is 10.1. The van der Waals surface area contributed by atoms with E-state index in [-0.39, 0.29) is 12.5 Å². The van der Waals surface area contributed by atoms with E-state index >= 15 is 0 Å². The lowest BCUT2D eigenvalue weighted by Gasteiger charge is -2.14. The summed E-state index contributed by atoms with van der Waals surface area (Å²) >= 11 is 0. The predicted molar refractivity (Wildman–Crippen MR) is 58.6 cm³/mol. The van der Waals surface area contributed by atoms with E-state index in [1.165, 1.54) is 4.68 Å². The fourth-order valence-electron chi connectivity index (χ4n) is 1.09. The van der Waals surface area contributed by atoms with Gasteiger partial charge >= 0.3 is 0 Å². The summed E-state index contributed by atoms with van der Waals surface area (Å²) in [6, 6.07) is 0. The van der Waals surface area contributed by atoms with Crippen molar-refractivity contribution >= 4 is 5.91 Å². The Morgan fingerprint density at radius 1 is 1.62 bits per heavy atom. The molecular formula is C10H18N4O2. The van der Waals surface area contributed by atoms with E-state index in [2.05, 4.69) is 10.3 Å². The molecule has 0 spiro atoms. The maximum absolute atomic E-state index is 11.6. The molecule has 0 radical (unpaired) electrons. The van der Waals surface area contributed by atoms with Gasteiger partial charge in [-0.1, -0.05) is 5.21 Å². The number of aliphatic hydroxyl groups is 1. The first-order valence-corrected chi connectivity index (χ1v) is 5.21. The summed E-state index contributed by atoms with van der Waals surface area (Å²) in [5.41, 5.74) is -0.572. The molecule has 0 saturated heterocycles. The molecule has 1 aromatic heterocycles. The fraction of sp³-hybridized carbons (Fsp3) is 0.700. The Labute approximate surface area is 94.9 Å². The number of aromatic nitrogens is 3. The second-order valence-electron chi connectivity index (χ2n) is 4.27. The number of carbonyl (C=O) groups is 1. The third-order valence-electron chi connectivity index (χ3n) is 2.36. The third kappa shape index (κ3) is 3.03. The summed E-state index contributed by atoms with van der Waals surface area (Å²) in [5, 5.41) is 17.3. The molecule has 1 heterocycles. The van der Waals surface area contributed by atoms with Crippen LogP contribution in [0.1, 0.15) is 26.5 Å². The average Bonchev–Trinajstić information content (AvgIpc) is 2.64. The average molecular weight is 226 g/mol. The first kappa shape index (κ1) is 12.6. The summed E-state index contributed by atoms with van der Waals surface area (Å²) in [5.74, 6) is -0.0327. The quantitative estimate of drug-likeness (QED) is 0.783. The van der Waals surface area contributed by atoms with Crippen molar-refractivity contribution in [2.45, 2.75) is 32.9 Å². The molecule has 1 aromatic rings. The molecule has 0 aliphatic rings. The van der Waals surface area contributed by atoms with Gasteiger partial charge in [-0.3, -0.25) is 4.79 Å². The number of nitrogens with zero attached hydrogens (tertiary/aromatic N) is 4. The smallest absolute Gasteiger partial charge is 0.244 e. The minimum atomic E-state index is -1.03. The number of likely N-dealkylation sites (N-methyl/N-ethyl adjacent to an activating group) is 1. The topological polar surface area (TPSA) is 71.2 Å². The third-order valence-corrected chi connectivity index (χ3v) is 2.36. The van der Waals surface area contributed by atoms with Crippen molar-refractivity contribution in [3.63, 3.8) is 0 Å². The lowest BCUT2D eigenvalue weighted by molar-refractivity contribution is -0.130. The zero-order valence-electron chi connectivity index (χ0n) is 10.1. The van der Waals surface area contributed by atoms with Gasteiger partial charge in [-0.2, -0.15) is 0 Å². The summed E-state index contributed by atoms with van der Waals surface area (Å²) in [4.78, 5) is 13.2. The molecule has 0 saturated carbocycles. The van der Waals surface area contributed by atoms with Gasteiger partial charge in [-0.15, -0.1) is 5.10 Å². The Morgan fingerprint density at radius 3 is 2.69 bits per heavy atom. The number of hydrogen-bond donors (Lipinski definition) is 1. The van der Waals surface area contributed by atoms with Gasteiger partial charge in [0.2, 0.25) is 5.91 Å². The highest BCUT2D eigenvalue weighted by atomic mass is 16.3. The Morgan fingerprint density at radius 2 is 2.25 bits per heavy atom. The molecular weight excluding hydrogens is 208 g/mol. The number of carbonyl (C=O) groups excluding carboxylic acids is 1. The molecule has 1 rings (SSSR count). The van der Waals surface area contributed by atoms with E-state index in [9.17, 15) is 9.90 Å². The Bertz CT molecular complexity index is 367. The van der Waals surface area contributed by atoms with Crippen LogP contribution in [0, 0.1) is 0 Å². The number of hydrogen-bond acceptors (Lipinski definition) is 4. The van der Waals surface area contributed by atoms with Crippen molar-refractivity contribution in [1.82, 2.24) is 19.9 Å². The van der Waals surface area contributed by atoms with E-state index in [0.717, 1.165) is 0 Å². The van der Waals surface area contributed by atoms with Crippen LogP contribution in [0.5, 0.6) is 0 Å². The van der Waals surface area contributed by atoms with Gasteiger partial charge in [0.15, 0.2) is 0 Å². The van der Waals surface area contributed by atoms with Crippen LogP contribution in [-0.4, -0.2) is 44.5 Å². The molecule has 0 aromatic carbocycles. The molecule has 16 heavy (non-hydrogen) atoms. The molecule has 0 bridgehead atoms. The minimum Gasteiger partial charge on any atom is -0.384 e. The second kappa shape index (κ2) is 4.61. The van der Waals surface area contributed by atoms with Gasteiger partial charge in [0.1, 0.15) is 17.8 Å². The fourth-order valence-corrected chi connectivity index (χ4v) is 1.09. The van der Waals surface area contributed by atoms with E-state index in [1.807, 2.05) is 6.92 Å². The van der Waals surface area contributed by atoms with Crippen LogP contribution in [-0.2, 0) is 16.9 Å². The van der Waals surface area contributed by atoms with Gasteiger partial charge in [-0.25, -0.2) is 4.68 Å². The van der Waals surface area contributed by atoms with Crippen LogP contribution in [0.15, 0.2) is 6.20 Å². The van der Waals surface area contributed by atoms with Crippen molar-refractivity contribution < 1.29 is 9.90 Å². The van der Waals surface area contributed by atoms with Crippen LogP contribution < -0.4 is 0 Å². The lowest BCUT2D eigenvalue weighted by Crippen LogP contribution is -2.30. The van der Waals surface area contributed by atoms with Gasteiger partial charge in [-0.05, 0) is 20.8 Å². The minimum absolute atomic E-state index is 0.0327. The first-order valence-electron chi connectivity index (χ1n) is 5.21. The molecule has 0 atom stereocenters. The first-order chi connectivity index (χ1) is 7.34. The number of amides is 1. The second-order valence-corrected chi connectivity index (χ2v) is 4.27. The Balaban J connectivity index is 2.70. The molecule has 0 fully saturated rings. The molecule has 6 nitrogen and oxygen atoms in total. The van der Waals surface area contributed by atoms with E-state index in [4.69, 9.17) is 0 Å². The molecule has 0 aliphatic heterocycles. The van der Waals surface area contributed by atoms with Crippen molar-refractivity contribution in [1.29, 1.82) is 0 Å². The summed E-state index contributed by atoms with van der Waals surface area (Å²) in [7, 11) is 1.73. The highest BCUT2D eigenvalue weighted by molar-refractivity contribution is 5.75. The van der Waals surface area contributed by atoms with E-state index < -0.39 is 5.60 Å².